The van der Waals surface area contributed by atoms with Crippen LogP contribution in [-0.4, -0.2) is 18.8 Å². The second kappa shape index (κ2) is 6.17. The summed E-state index contributed by atoms with van der Waals surface area (Å²) in [6, 6.07) is 5.18. The van der Waals surface area contributed by atoms with Crippen molar-refractivity contribution in [1.29, 1.82) is 5.26 Å². The van der Waals surface area contributed by atoms with Crippen molar-refractivity contribution in [2.24, 2.45) is 0 Å². The van der Waals surface area contributed by atoms with E-state index in [9.17, 15) is 35.5 Å². The first-order valence-electron chi connectivity index (χ1n) is 7.53. The molecule has 0 saturated carbocycles. The maximum Gasteiger partial charge on any atom is 0.379 e. The molecule has 2 aromatic carbocycles. The van der Waals surface area contributed by atoms with Crippen molar-refractivity contribution < 1.29 is 41.6 Å². The predicted molar refractivity (Wildman–Crippen MR) is 79.7 cm³/mol. The van der Waals surface area contributed by atoms with Crippen LogP contribution < -0.4 is 4.74 Å². The average Bonchev–Trinajstić information content (AvgIpc) is 2.69. The molecule has 142 valence electrons. The minimum atomic E-state index is -5.62. The highest BCUT2D eigenvalue weighted by Crippen LogP contribution is 2.53. The summed E-state index contributed by atoms with van der Waals surface area (Å²) < 4.78 is 105. The Morgan fingerprint density at radius 3 is 2.56 bits per heavy atom. The molecule has 0 saturated heterocycles. The van der Waals surface area contributed by atoms with Gasteiger partial charge in [-0.1, -0.05) is 0 Å². The van der Waals surface area contributed by atoms with E-state index >= 15 is 0 Å². The van der Waals surface area contributed by atoms with Gasteiger partial charge in [0.2, 0.25) is 9.84 Å². The zero-order valence-corrected chi connectivity index (χ0v) is 13.7. The second-order valence-electron chi connectivity index (χ2n) is 5.41. The van der Waals surface area contributed by atoms with Crippen molar-refractivity contribution in [1.82, 2.24) is 0 Å². The molecule has 1 heterocycles. The van der Waals surface area contributed by atoms with E-state index in [4.69, 9.17) is 11.4 Å². The molecule has 0 radical (unpaired) electrons. The zero-order valence-electron chi connectivity index (χ0n) is 13.9. The summed E-state index contributed by atoms with van der Waals surface area (Å²) in [5.41, 5.74) is -3.22. The Balaban J connectivity index is 2.26. The van der Waals surface area contributed by atoms with Gasteiger partial charge in [0, 0.05) is 11.6 Å². The molecular weight excluding hydrogens is 397 g/mol. The molecule has 1 aliphatic heterocycles. The fourth-order valence-electron chi connectivity index (χ4n) is 2.58. The third-order valence-electron chi connectivity index (χ3n) is 3.75. The van der Waals surface area contributed by atoms with Gasteiger partial charge in [0.15, 0.2) is 6.08 Å². The van der Waals surface area contributed by atoms with Crippen molar-refractivity contribution in [3.63, 3.8) is 0 Å². The molecule has 1 N–H and O–H groups in total. The number of nitrogens with zero attached hydrogens (tertiary/aromatic N) is 1. The van der Waals surface area contributed by atoms with Crippen molar-refractivity contribution in [3.8, 4) is 17.6 Å². The number of fused-ring (bicyclic) bond motifs is 1. The molecule has 0 spiro atoms. The van der Waals surface area contributed by atoms with Gasteiger partial charge in [0.25, 0.3) is 6.43 Å². The number of sulfone groups is 1. The van der Waals surface area contributed by atoms with E-state index in [1.54, 1.807) is 6.07 Å². The Labute approximate surface area is 150 Å². The quantitative estimate of drug-likeness (QED) is 0.783. The number of benzene rings is 2. The van der Waals surface area contributed by atoms with E-state index < -0.39 is 60.9 Å². The first kappa shape index (κ1) is 17.7. The van der Waals surface area contributed by atoms with Crippen LogP contribution in [0.1, 0.15) is 30.6 Å². The molecule has 27 heavy (non-hydrogen) atoms. The highest BCUT2D eigenvalue weighted by molar-refractivity contribution is 7.92. The van der Waals surface area contributed by atoms with Crippen LogP contribution in [0.3, 0.4) is 0 Å². The molecule has 3 rings (SSSR count). The summed E-state index contributed by atoms with van der Waals surface area (Å²) in [4.78, 5) is -1.34. The molecule has 0 unspecified atom stereocenters. The number of nitriles is 1. The molecule has 1 atom stereocenters. The van der Waals surface area contributed by atoms with Gasteiger partial charge in [-0.25, -0.2) is 21.6 Å². The molecule has 0 bridgehead atoms. The van der Waals surface area contributed by atoms with Gasteiger partial charge in [-0.2, -0.15) is 14.0 Å². The number of hydrogen-bond donors (Lipinski definition) is 1. The summed E-state index contributed by atoms with van der Waals surface area (Å²) in [5, 5.41) is 13.5. The standard InChI is InChI=1S/C16H8F5NO4S/c17-8-3-7(6-22)4-9(5-8)26-10-1-2-11-13(12(10)15(18)19)14(23)16(20,21)27(11,24)25/h1-5,14-15,23H/t14-/m1/s1/i14D. The number of ether oxygens (including phenoxy) is 1. The van der Waals surface area contributed by atoms with Crippen molar-refractivity contribution in [3.05, 3.63) is 52.8 Å². The lowest BCUT2D eigenvalue weighted by molar-refractivity contribution is -0.0391. The first-order chi connectivity index (χ1) is 12.8. The van der Waals surface area contributed by atoms with Gasteiger partial charge >= 0.3 is 5.25 Å². The molecule has 1 aliphatic rings. The Morgan fingerprint density at radius 2 is 1.96 bits per heavy atom. The summed E-state index contributed by atoms with van der Waals surface area (Å²) in [7, 11) is -5.62. The number of hydrogen-bond acceptors (Lipinski definition) is 5. The van der Waals surface area contributed by atoms with E-state index in [1.807, 2.05) is 0 Å². The SMILES string of the molecule is [2H][C@@]1(O)c2c(ccc(Oc3cc(F)cc(C#N)c3)c2C(F)F)S(=O)(=O)C1(F)F. The van der Waals surface area contributed by atoms with Crippen LogP contribution in [0.2, 0.25) is 0 Å². The Hall–Kier alpha value is -2.71. The maximum atomic E-state index is 14.0. The van der Waals surface area contributed by atoms with Gasteiger partial charge in [-0.15, -0.1) is 0 Å². The highest BCUT2D eigenvalue weighted by Gasteiger charge is 2.61. The third-order valence-corrected chi connectivity index (χ3v) is 5.54. The fourth-order valence-corrected chi connectivity index (χ4v) is 3.93. The molecule has 0 aromatic heterocycles. The van der Waals surface area contributed by atoms with Gasteiger partial charge in [-0.3, -0.25) is 0 Å². The number of aliphatic hydroxyl groups is 1. The second-order valence-corrected chi connectivity index (χ2v) is 7.37. The van der Waals surface area contributed by atoms with E-state index in [2.05, 4.69) is 0 Å². The third kappa shape index (κ3) is 2.81. The van der Waals surface area contributed by atoms with Gasteiger partial charge in [-0.05, 0) is 24.3 Å². The molecular formula is C16H8F5NO4S. The van der Waals surface area contributed by atoms with Crippen molar-refractivity contribution in [2.75, 3.05) is 0 Å². The molecule has 0 amide bonds. The lowest BCUT2D eigenvalue weighted by Gasteiger charge is -2.16. The normalized spacial score (nSPS) is 22.8. The fraction of sp³-hybridized carbons (Fsp3) is 0.188. The lowest BCUT2D eigenvalue weighted by atomic mass is 10.0. The monoisotopic (exact) mass is 406 g/mol. The molecule has 5 nitrogen and oxygen atoms in total. The highest BCUT2D eigenvalue weighted by atomic mass is 32.2. The smallest absolute Gasteiger partial charge is 0.379 e. The van der Waals surface area contributed by atoms with Crippen molar-refractivity contribution in [2.45, 2.75) is 22.7 Å². The minimum absolute atomic E-state index is 0.235. The molecule has 11 heteroatoms. The topological polar surface area (TPSA) is 87.4 Å². The van der Waals surface area contributed by atoms with E-state index in [-0.39, 0.29) is 5.56 Å². The Bertz CT molecular complexity index is 1130. The minimum Gasteiger partial charge on any atom is -0.457 e. The number of rotatable bonds is 3. The van der Waals surface area contributed by atoms with Crippen molar-refractivity contribution >= 4 is 9.84 Å². The predicted octanol–water partition coefficient (Wildman–Crippen LogP) is 3.84. The van der Waals surface area contributed by atoms with Crippen LogP contribution in [0.15, 0.2) is 35.2 Å². The number of halogens is 5. The summed E-state index contributed by atoms with van der Waals surface area (Å²) in [6.07, 6.45) is -7.83. The average molecular weight is 406 g/mol. The first-order valence-corrected chi connectivity index (χ1v) is 8.51. The summed E-state index contributed by atoms with van der Waals surface area (Å²) >= 11 is 0. The maximum absolute atomic E-state index is 14.0. The molecule has 0 aliphatic carbocycles. The Kier molecular flexibility index (Phi) is 4.05. The van der Waals surface area contributed by atoms with E-state index in [1.165, 1.54) is 0 Å². The Morgan fingerprint density at radius 1 is 1.30 bits per heavy atom. The lowest BCUT2D eigenvalue weighted by Crippen LogP contribution is -2.28. The number of alkyl halides is 4. The molecule has 2 aromatic rings. The van der Waals surface area contributed by atoms with E-state index in [0.29, 0.717) is 18.2 Å². The van der Waals surface area contributed by atoms with Gasteiger partial charge < -0.3 is 9.84 Å². The summed E-state index contributed by atoms with van der Waals surface area (Å²) in [5.74, 6) is -2.30. The van der Waals surface area contributed by atoms with Crippen LogP contribution >= 0.6 is 0 Å². The largest absolute Gasteiger partial charge is 0.457 e. The van der Waals surface area contributed by atoms with Crippen LogP contribution in [0.4, 0.5) is 22.0 Å². The van der Waals surface area contributed by atoms with Gasteiger partial charge in [0.1, 0.15) is 17.3 Å². The van der Waals surface area contributed by atoms with Gasteiger partial charge in [0.05, 0.1) is 23.5 Å². The van der Waals surface area contributed by atoms with Crippen LogP contribution in [-0.2, 0) is 9.84 Å². The van der Waals surface area contributed by atoms with Crippen LogP contribution in [0.25, 0.3) is 0 Å². The van der Waals surface area contributed by atoms with Crippen LogP contribution in [0.5, 0.6) is 11.5 Å². The zero-order chi connectivity index (χ0) is 21.1. The summed E-state index contributed by atoms with van der Waals surface area (Å²) in [6.45, 7) is 0. The van der Waals surface area contributed by atoms with E-state index in [0.717, 1.165) is 12.1 Å². The molecule has 0 fully saturated rings. The van der Waals surface area contributed by atoms with Crippen LogP contribution in [0, 0.1) is 17.1 Å².